The summed E-state index contributed by atoms with van der Waals surface area (Å²) >= 11 is 0. The highest BCUT2D eigenvalue weighted by molar-refractivity contribution is 6.75. The SMILES string of the molecule is C=C1C(=CC=C2CCC[C@]3(C)C([C@H](C)OCC(=O)O)=CCC23)C[C@@H](O[Si](C)(C)C(C)(C)C)C[C@@H]1O[Si](C)(C)C(C)(C)C.C=C1C(=CC=C2CCC[C@]3(C)C([C@H](C)OCC(=O)OC(C)(C)CCCC)=CC[C@@H]23)C[C@@H](O[Si](C)(C)C(C)(C)C)C[C@@H]1O[Si](C)(C)C(C)(C)C. The van der Waals surface area contributed by atoms with Gasteiger partial charge >= 0.3 is 11.9 Å². The van der Waals surface area contributed by atoms with Crippen LogP contribution in [0.25, 0.3) is 0 Å². The Bertz CT molecular complexity index is 2760. The third kappa shape index (κ3) is 19.8. The molecule has 0 bridgehead atoms. The standard InChI is InChI=1S/C42H74O5Si2.C35H60O5Si2/c1-17-18-25-41(10,11)45-38(43)29-44-31(3)35-23-24-36-32(20-19-26-42(35,36)12)21-22-33-27-34(46-48(13,14)39(4,5)6)28-37(30(33)2)47-49(15,16)40(7,8)9;1-24-27(17-16-26-15-14-20-35(9)29(18-19-30(26)35)25(2)38-23-32(36)37)21-28(39-41(10,11)33(3,4)5)22-31(24)40-42(12,13)34(6,7)8/h21-23,31,34,36-37H,2,17-20,24-29H2,1,3-16H3;16-18,25,28,30-31H,1,14-15,19-23H2,2-13H3,(H,36,37)/t31-,34+,36-,37-,42+;25-,28+,30?,31-,35+/m00/s1. The first-order valence-corrected chi connectivity index (χ1v) is 47.0. The molecule has 6 aliphatic rings. The Hall–Kier alpha value is -2.51. The molecule has 91 heavy (non-hydrogen) atoms. The molecule has 0 radical (unpaired) electrons. The van der Waals surface area contributed by atoms with Gasteiger partial charge in [-0.15, -0.1) is 0 Å². The molecular weight excluding hydrogens is 1200 g/mol. The molecule has 0 saturated heterocycles. The molecule has 6 rings (SSSR count). The van der Waals surface area contributed by atoms with Crippen LogP contribution in [0.15, 0.2) is 94.2 Å². The molecule has 1 unspecified atom stereocenters. The Morgan fingerprint density at radius 1 is 0.582 bits per heavy atom. The minimum Gasteiger partial charge on any atom is -0.480 e. The number of unbranched alkanes of at least 4 members (excludes halogenated alkanes) is 1. The van der Waals surface area contributed by atoms with Crippen LogP contribution in [0.4, 0.5) is 0 Å². The minimum absolute atomic E-state index is 0.00599. The number of fused-ring (bicyclic) bond motifs is 2. The maximum atomic E-state index is 12.7. The molecule has 4 fully saturated rings. The van der Waals surface area contributed by atoms with Crippen LogP contribution in [0.5, 0.6) is 0 Å². The molecule has 518 valence electrons. The van der Waals surface area contributed by atoms with Gasteiger partial charge in [-0.2, -0.15) is 0 Å². The number of hydrogen-bond donors (Lipinski definition) is 1. The zero-order valence-electron chi connectivity index (χ0n) is 63.1. The number of rotatable bonds is 22. The van der Waals surface area contributed by atoms with Crippen LogP contribution in [0.1, 0.15) is 228 Å². The van der Waals surface area contributed by atoms with Crippen molar-refractivity contribution in [2.75, 3.05) is 13.2 Å². The van der Waals surface area contributed by atoms with Crippen molar-refractivity contribution in [3.63, 3.8) is 0 Å². The molecule has 0 spiro atoms. The summed E-state index contributed by atoms with van der Waals surface area (Å²) in [6, 6.07) is 0. The van der Waals surface area contributed by atoms with Crippen molar-refractivity contribution >= 4 is 45.2 Å². The van der Waals surface area contributed by atoms with E-state index < -0.39 is 44.8 Å². The molecule has 0 aromatic rings. The van der Waals surface area contributed by atoms with Crippen LogP contribution in [0.3, 0.4) is 0 Å². The van der Waals surface area contributed by atoms with Crippen molar-refractivity contribution in [2.45, 2.75) is 343 Å². The van der Waals surface area contributed by atoms with Crippen molar-refractivity contribution in [1.82, 2.24) is 0 Å². The second-order valence-electron chi connectivity index (χ2n) is 35.6. The summed E-state index contributed by atoms with van der Waals surface area (Å²) < 4.78 is 45.9. The third-order valence-corrected chi connectivity index (χ3v) is 42.0. The lowest BCUT2D eigenvalue weighted by Crippen LogP contribution is -2.49. The highest BCUT2D eigenvalue weighted by Crippen LogP contribution is 2.58. The van der Waals surface area contributed by atoms with Gasteiger partial charge in [0, 0.05) is 12.8 Å². The van der Waals surface area contributed by atoms with E-state index in [4.69, 9.17) is 37.0 Å². The largest absolute Gasteiger partial charge is 0.480 e. The van der Waals surface area contributed by atoms with E-state index in [0.29, 0.717) is 11.8 Å². The molecule has 0 amide bonds. The number of carboxylic acids is 1. The molecule has 6 aliphatic carbocycles. The topological polar surface area (TPSA) is 119 Å². The lowest BCUT2D eigenvalue weighted by Gasteiger charge is -2.45. The second kappa shape index (κ2) is 30.1. The first-order valence-electron chi connectivity index (χ1n) is 35.4. The van der Waals surface area contributed by atoms with Crippen LogP contribution in [-0.2, 0) is 41.5 Å². The first kappa shape index (κ1) is 79.2. The number of ether oxygens (including phenoxy) is 3. The van der Waals surface area contributed by atoms with Gasteiger partial charge in [-0.3, -0.25) is 0 Å². The van der Waals surface area contributed by atoms with Gasteiger partial charge in [0.25, 0.3) is 0 Å². The zero-order chi connectivity index (χ0) is 69.1. The van der Waals surface area contributed by atoms with Gasteiger partial charge < -0.3 is 37.0 Å². The van der Waals surface area contributed by atoms with Gasteiger partial charge in [0.1, 0.15) is 18.8 Å². The molecule has 10 atom stereocenters. The van der Waals surface area contributed by atoms with Gasteiger partial charge in [0.15, 0.2) is 33.3 Å². The fourth-order valence-electron chi connectivity index (χ4n) is 14.1. The van der Waals surface area contributed by atoms with E-state index in [1.165, 1.54) is 33.4 Å². The van der Waals surface area contributed by atoms with E-state index in [1.807, 2.05) is 20.8 Å². The summed E-state index contributed by atoms with van der Waals surface area (Å²) in [5.74, 6) is -0.334. The summed E-state index contributed by atoms with van der Waals surface area (Å²) in [5, 5.41) is 9.66. The van der Waals surface area contributed by atoms with Crippen LogP contribution in [-0.4, -0.2) is 106 Å². The molecular formula is C77H134O10Si4. The molecule has 0 aliphatic heterocycles. The van der Waals surface area contributed by atoms with Gasteiger partial charge in [-0.1, -0.05) is 171 Å². The smallest absolute Gasteiger partial charge is 0.332 e. The lowest BCUT2D eigenvalue weighted by atomic mass is 9.63. The minimum atomic E-state index is -2.02. The molecule has 1 N–H and O–H groups in total. The van der Waals surface area contributed by atoms with Gasteiger partial charge in [-0.25, -0.2) is 9.59 Å². The molecule has 14 heteroatoms. The number of carbonyl (C=O) groups is 2. The molecule has 0 aromatic carbocycles. The quantitative estimate of drug-likeness (QED) is 0.0638. The monoisotopic (exact) mass is 1330 g/mol. The summed E-state index contributed by atoms with van der Waals surface area (Å²) in [4.78, 5) is 23.8. The zero-order valence-corrected chi connectivity index (χ0v) is 67.1. The predicted octanol–water partition coefficient (Wildman–Crippen LogP) is 21.6. The Morgan fingerprint density at radius 3 is 1.27 bits per heavy atom. The summed E-state index contributed by atoms with van der Waals surface area (Å²) in [6.07, 6.45) is 29.3. The molecule has 0 heterocycles. The Balaban J connectivity index is 0.000000334. The maximum absolute atomic E-state index is 12.7. The Labute approximate surface area is 561 Å². The van der Waals surface area contributed by atoms with E-state index in [9.17, 15) is 9.59 Å². The van der Waals surface area contributed by atoms with Gasteiger partial charge in [-0.05, 0) is 233 Å². The number of carboxylic acid groups (broad SMARTS) is 1. The fourth-order valence-corrected chi connectivity index (χ4v) is 19.4. The van der Waals surface area contributed by atoms with Crippen molar-refractivity contribution in [1.29, 1.82) is 0 Å². The Kier molecular flexibility index (Phi) is 26.2. The van der Waals surface area contributed by atoms with Crippen LogP contribution < -0.4 is 0 Å². The van der Waals surface area contributed by atoms with E-state index in [1.54, 1.807) is 0 Å². The van der Waals surface area contributed by atoms with Crippen molar-refractivity contribution in [3.05, 3.63) is 94.2 Å². The fraction of sp³-hybridized carbons (Fsp3) is 0.766. The second-order valence-corrected chi connectivity index (χ2v) is 54.6. The van der Waals surface area contributed by atoms with E-state index >= 15 is 0 Å². The van der Waals surface area contributed by atoms with Crippen LogP contribution in [0, 0.1) is 22.7 Å². The molecule has 10 nitrogen and oxygen atoms in total. The number of allylic oxidation sites excluding steroid dienone is 8. The van der Waals surface area contributed by atoms with E-state index in [-0.39, 0.29) is 86.8 Å². The third-order valence-electron chi connectivity index (χ3n) is 24.0. The number of carbonyl (C=O) groups excluding carboxylic acids is 1. The summed E-state index contributed by atoms with van der Waals surface area (Å²) in [7, 11) is -7.95. The normalized spacial score (nSPS) is 29.2. The maximum Gasteiger partial charge on any atom is 0.332 e. The lowest BCUT2D eigenvalue weighted by molar-refractivity contribution is -0.163. The highest BCUT2D eigenvalue weighted by Gasteiger charge is 2.50. The summed E-state index contributed by atoms with van der Waals surface area (Å²) in [5.41, 5.74) is 9.95. The average Bonchev–Trinajstić information content (AvgIpc) is 1.67. The van der Waals surface area contributed by atoms with Crippen LogP contribution >= 0.6 is 0 Å². The predicted molar refractivity (Wildman–Crippen MR) is 392 cm³/mol. The number of hydrogen-bond acceptors (Lipinski definition) is 9. The number of aliphatic carboxylic acids is 1. The van der Waals surface area contributed by atoms with Crippen molar-refractivity contribution < 1.29 is 46.6 Å². The van der Waals surface area contributed by atoms with E-state index in [2.05, 4.69) is 213 Å². The van der Waals surface area contributed by atoms with Crippen molar-refractivity contribution in [2.24, 2.45) is 22.7 Å². The Morgan fingerprint density at radius 2 is 0.934 bits per heavy atom. The van der Waals surface area contributed by atoms with Gasteiger partial charge in [0.2, 0.25) is 0 Å². The van der Waals surface area contributed by atoms with Crippen molar-refractivity contribution in [3.8, 4) is 0 Å². The molecule has 4 saturated carbocycles. The number of esters is 1. The van der Waals surface area contributed by atoms with Crippen LogP contribution in [0.2, 0.25) is 72.5 Å². The first-order chi connectivity index (χ1) is 41.4. The van der Waals surface area contributed by atoms with Gasteiger partial charge in [0.05, 0.1) is 36.6 Å². The highest BCUT2D eigenvalue weighted by atomic mass is 28.4. The summed E-state index contributed by atoms with van der Waals surface area (Å²) in [6.45, 7) is 70.5. The molecule has 0 aromatic heterocycles. The average molecular weight is 1330 g/mol. The van der Waals surface area contributed by atoms with E-state index in [0.717, 1.165) is 107 Å².